The van der Waals surface area contributed by atoms with Crippen LogP contribution in [0.1, 0.15) is 17.3 Å². The summed E-state index contributed by atoms with van der Waals surface area (Å²) < 4.78 is 43.1. The molecule has 0 unspecified atom stereocenters. The lowest BCUT2D eigenvalue weighted by molar-refractivity contribution is 0.101. The fraction of sp³-hybridized carbons (Fsp3) is 0.176. The van der Waals surface area contributed by atoms with Gasteiger partial charge < -0.3 is 13.9 Å². The van der Waals surface area contributed by atoms with Gasteiger partial charge in [0.2, 0.25) is 0 Å². The SMILES string of the molecule is COc1cc(NS(=O)(=O)c2ccc3[nH]c(=O)oc3c2)c(C(C)=O)cc1OC. The Morgan fingerprint density at radius 3 is 2.41 bits per heavy atom. The molecule has 0 fully saturated rings. The van der Waals surface area contributed by atoms with Crippen molar-refractivity contribution in [2.45, 2.75) is 11.8 Å². The van der Waals surface area contributed by atoms with Gasteiger partial charge in [0, 0.05) is 17.7 Å². The van der Waals surface area contributed by atoms with E-state index in [4.69, 9.17) is 13.9 Å². The number of methoxy groups -OCH3 is 2. The molecule has 0 aliphatic carbocycles. The Labute approximate surface area is 154 Å². The number of sulfonamides is 1. The number of aromatic nitrogens is 1. The van der Waals surface area contributed by atoms with Crippen LogP contribution in [0.3, 0.4) is 0 Å². The number of fused-ring (bicyclic) bond motifs is 1. The highest BCUT2D eigenvalue weighted by atomic mass is 32.2. The summed E-state index contributed by atoms with van der Waals surface area (Å²) in [4.78, 5) is 25.5. The van der Waals surface area contributed by atoms with Crippen molar-refractivity contribution in [1.29, 1.82) is 0 Å². The van der Waals surface area contributed by atoms with Gasteiger partial charge in [-0.3, -0.25) is 14.5 Å². The average molecular weight is 392 g/mol. The van der Waals surface area contributed by atoms with Gasteiger partial charge in [0.25, 0.3) is 10.0 Å². The van der Waals surface area contributed by atoms with Crippen LogP contribution < -0.4 is 20.0 Å². The van der Waals surface area contributed by atoms with Gasteiger partial charge in [-0.25, -0.2) is 13.2 Å². The standard InChI is InChI=1S/C17H16N2O7S/c1-9(20)11-7-15(24-2)16(25-3)8-13(11)19-27(22,23)10-4-5-12-14(6-10)26-17(21)18-12/h4-8,19H,1-3H3,(H,18,21). The highest BCUT2D eigenvalue weighted by Crippen LogP contribution is 2.34. The van der Waals surface area contributed by atoms with Gasteiger partial charge in [-0.2, -0.15) is 0 Å². The van der Waals surface area contributed by atoms with Crippen LogP contribution >= 0.6 is 0 Å². The first-order valence-corrected chi connectivity index (χ1v) is 9.16. The number of benzene rings is 2. The number of rotatable bonds is 6. The monoisotopic (exact) mass is 392 g/mol. The number of nitrogens with one attached hydrogen (secondary N) is 2. The van der Waals surface area contributed by atoms with Gasteiger partial charge in [0.1, 0.15) is 0 Å². The van der Waals surface area contributed by atoms with Gasteiger partial charge in [-0.1, -0.05) is 0 Å². The fourth-order valence-corrected chi connectivity index (χ4v) is 3.64. The number of ketones is 1. The van der Waals surface area contributed by atoms with E-state index in [1.807, 2.05) is 0 Å². The van der Waals surface area contributed by atoms with Gasteiger partial charge in [0.05, 0.1) is 30.3 Å². The number of hydrogen-bond donors (Lipinski definition) is 2. The molecule has 0 saturated heterocycles. The highest BCUT2D eigenvalue weighted by molar-refractivity contribution is 7.92. The Morgan fingerprint density at radius 2 is 1.78 bits per heavy atom. The predicted octanol–water partition coefficient (Wildman–Crippen LogP) is 2.14. The molecule has 10 heteroatoms. The second kappa shape index (κ2) is 6.80. The average Bonchev–Trinajstić information content (AvgIpc) is 2.99. The second-order valence-corrected chi connectivity index (χ2v) is 7.27. The zero-order chi connectivity index (χ0) is 19.8. The van der Waals surface area contributed by atoms with Crippen LogP contribution in [0.25, 0.3) is 11.1 Å². The minimum Gasteiger partial charge on any atom is -0.493 e. The lowest BCUT2D eigenvalue weighted by Crippen LogP contribution is -2.15. The molecule has 1 aromatic heterocycles. The van der Waals surface area contributed by atoms with E-state index in [2.05, 4.69) is 9.71 Å². The van der Waals surface area contributed by atoms with E-state index in [0.29, 0.717) is 11.3 Å². The fourth-order valence-electron chi connectivity index (χ4n) is 2.55. The summed E-state index contributed by atoms with van der Waals surface area (Å²) in [5.41, 5.74) is 0.623. The molecule has 2 N–H and O–H groups in total. The number of oxazole rings is 1. The molecule has 27 heavy (non-hydrogen) atoms. The molecule has 0 amide bonds. The smallest absolute Gasteiger partial charge is 0.417 e. The molecule has 0 aliphatic rings. The number of carbonyl (C=O) groups is 1. The molecule has 1 heterocycles. The Kier molecular flexibility index (Phi) is 4.66. The number of Topliss-reactive ketones (excluding diaryl/α,β-unsaturated/α-hetero) is 1. The van der Waals surface area contributed by atoms with E-state index in [1.165, 1.54) is 51.5 Å². The molecule has 3 aromatic rings. The van der Waals surface area contributed by atoms with Gasteiger partial charge in [0.15, 0.2) is 22.9 Å². The molecule has 0 atom stereocenters. The summed E-state index contributed by atoms with van der Waals surface area (Å²) in [7, 11) is -1.27. The van der Waals surface area contributed by atoms with Crippen molar-refractivity contribution in [2.24, 2.45) is 0 Å². The van der Waals surface area contributed by atoms with Gasteiger partial charge in [-0.15, -0.1) is 0 Å². The zero-order valence-electron chi connectivity index (χ0n) is 14.7. The van der Waals surface area contributed by atoms with E-state index in [1.54, 1.807) is 0 Å². The van der Waals surface area contributed by atoms with E-state index >= 15 is 0 Å². The lowest BCUT2D eigenvalue weighted by Gasteiger charge is -2.15. The maximum Gasteiger partial charge on any atom is 0.417 e. The van der Waals surface area contributed by atoms with Crippen LogP contribution in [0, 0.1) is 0 Å². The van der Waals surface area contributed by atoms with Crippen LogP contribution in [-0.2, 0) is 10.0 Å². The molecule has 0 aliphatic heterocycles. The third-order valence-electron chi connectivity index (χ3n) is 3.85. The van der Waals surface area contributed by atoms with Crippen LogP contribution in [0.4, 0.5) is 5.69 Å². The predicted molar refractivity (Wildman–Crippen MR) is 97.2 cm³/mol. The minimum atomic E-state index is -4.07. The first kappa shape index (κ1) is 18.5. The Morgan fingerprint density at radius 1 is 1.11 bits per heavy atom. The molecule has 2 aromatic carbocycles. The largest absolute Gasteiger partial charge is 0.493 e. The summed E-state index contributed by atoms with van der Waals surface area (Å²) in [6, 6.07) is 6.69. The topological polar surface area (TPSA) is 128 Å². The van der Waals surface area contributed by atoms with E-state index < -0.39 is 15.8 Å². The Bertz CT molecular complexity index is 1190. The van der Waals surface area contributed by atoms with Crippen molar-refractivity contribution >= 4 is 32.6 Å². The second-order valence-electron chi connectivity index (χ2n) is 5.59. The quantitative estimate of drug-likeness (QED) is 0.615. The molecule has 0 radical (unpaired) electrons. The Hall–Kier alpha value is -3.27. The maximum atomic E-state index is 12.8. The van der Waals surface area contributed by atoms with Gasteiger partial charge in [-0.05, 0) is 25.1 Å². The number of hydrogen-bond acceptors (Lipinski definition) is 7. The number of H-pyrrole nitrogens is 1. The molecule has 3 rings (SSSR count). The third kappa shape index (κ3) is 3.51. The number of aromatic amines is 1. The molecular formula is C17H16N2O7S. The van der Waals surface area contributed by atoms with Crippen molar-refractivity contribution in [2.75, 3.05) is 18.9 Å². The number of carbonyl (C=O) groups excluding carboxylic acids is 1. The third-order valence-corrected chi connectivity index (χ3v) is 5.21. The molecule has 0 bridgehead atoms. The highest BCUT2D eigenvalue weighted by Gasteiger charge is 2.21. The first-order valence-electron chi connectivity index (χ1n) is 7.68. The van der Waals surface area contributed by atoms with Gasteiger partial charge >= 0.3 is 5.76 Å². The van der Waals surface area contributed by atoms with Crippen molar-refractivity contribution < 1.29 is 27.1 Å². The van der Waals surface area contributed by atoms with Crippen LogP contribution in [0.5, 0.6) is 11.5 Å². The molecule has 0 saturated carbocycles. The maximum absolute atomic E-state index is 12.8. The van der Waals surface area contributed by atoms with E-state index in [9.17, 15) is 18.0 Å². The van der Waals surface area contributed by atoms with Crippen LogP contribution in [-0.4, -0.2) is 33.4 Å². The van der Waals surface area contributed by atoms with Crippen LogP contribution in [0.2, 0.25) is 0 Å². The van der Waals surface area contributed by atoms with Crippen molar-refractivity contribution in [3.8, 4) is 11.5 Å². The van der Waals surface area contributed by atoms with Crippen molar-refractivity contribution in [3.05, 3.63) is 46.4 Å². The van der Waals surface area contributed by atoms with Crippen molar-refractivity contribution in [3.63, 3.8) is 0 Å². The van der Waals surface area contributed by atoms with Crippen LogP contribution in [0.15, 0.2) is 44.4 Å². The van der Waals surface area contributed by atoms with E-state index in [-0.39, 0.29) is 33.3 Å². The molecular weight excluding hydrogens is 376 g/mol. The Balaban J connectivity index is 2.08. The summed E-state index contributed by atoms with van der Waals surface area (Å²) in [6.45, 7) is 1.31. The number of ether oxygens (including phenoxy) is 2. The first-order chi connectivity index (χ1) is 12.7. The van der Waals surface area contributed by atoms with E-state index in [0.717, 1.165) is 0 Å². The number of anilines is 1. The summed E-state index contributed by atoms with van der Waals surface area (Å²) in [5, 5.41) is 0. The summed E-state index contributed by atoms with van der Waals surface area (Å²) >= 11 is 0. The molecule has 9 nitrogen and oxygen atoms in total. The summed E-state index contributed by atoms with van der Waals surface area (Å²) in [6.07, 6.45) is 0. The molecule has 0 spiro atoms. The van der Waals surface area contributed by atoms with Crippen molar-refractivity contribution in [1.82, 2.24) is 4.98 Å². The summed E-state index contributed by atoms with van der Waals surface area (Å²) in [5.74, 6) is -0.500. The zero-order valence-corrected chi connectivity index (χ0v) is 15.5. The molecule has 142 valence electrons. The minimum absolute atomic E-state index is 0.0377. The normalized spacial score (nSPS) is 11.4. The lowest BCUT2D eigenvalue weighted by atomic mass is 10.1.